The van der Waals surface area contributed by atoms with Crippen molar-refractivity contribution in [1.82, 2.24) is 10.5 Å². The second kappa shape index (κ2) is 5.34. The highest BCUT2D eigenvalue weighted by Gasteiger charge is 2.46. The average molecular weight is 339 g/mol. The average Bonchev–Trinajstić information content (AvgIpc) is 3.04. The van der Waals surface area contributed by atoms with E-state index >= 15 is 0 Å². The highest BCUT2D eigenvalue weighted by Crippen LogP contribution is 2.49. The van der Waals surface area contributed by atoms with Crippen molar-refractivity contribution in [2.24, 2.45) is 0 Å². The summed E-state index contributed by atoms with van der Waals surface area (Å²) >= 11 is 7.93. The molecule has 2 aromatic heterocycles. The van der Waals surface area contributed by atoms with E-state index in [2.05, 4.69) is 23.5 Å². The minimum atomic E-state index is -0.249. The van der Waals surface area contributed by atoms with E-state index in [4.69, 9.17) is 20.9 Å². The van der Waals surface area contributed by atoms with Gasteiger partial charge in [0.15, 0.2) is 5.76 Å². The molecule has 0 aliphatic carbocycles. The molecule has 0 radical (unpaired) electrons. The van der Waals surface area contributed by atoms with E-state index in [9.17, 15) is 0 Å². The molecule has 2 aliphatic heterocycles. The van der Waals surface area contributed by atoms with E-state index in [-0.39, 0.29) is 11.6 Å². The Labute approximate surface area is 138 Å². The topological polar surface area (TPSA) is 47.3 Å². The predicted molar refractivity (Wildman–Crippen MR) is 86.5 cm³/mol. The molecule has 4 nitrogen and oxygen atoms in total. The van der Waals surface area contributed by atoms with Gasteiger partial charge in [-0.2, -0.15) is 0 Å². The first-order valence-electron chi connectivity index (χ1n) is 7.68. The lowest BCUT2D eigenvalue weighted by molar-refractivity contribution is -0.0973. The Kier molecular flexibility index (Phi) is 3.57. The van der Waals surface area contributed by atoms with Crippen LogP contribution in [0.15, 0.2) is 16.7 Å². The molecule has 0 aromatic carbocycles. The summed E-state index contributed by atoms with van der Waals surface area (Å²) in [6, 6.07) is 4.58. The molecule has 0 amide bonds. The largest absolute Gasteiger partial charge is 0.369 e. The monoisotopic (exact) mass is 338 g/mol. The van der Waals surface area contributed by atoms with Gasteiger partial charge in [0, 0.05) is 23.4 Å². The first kappa shape index (κ1) is 14.7. The maximum absolute atomic E-state index is 6.32. The number of piperidine rings is 1. The van der Waals surface area contributed by atoms with Crippen molar-refractivity contribution in [2.45, 2.75) is 50.8 Å². The molecule has 22 heavy (non-hydrogen) atoms. The van der Waals surface area contributed by atoms with Crippen LogP contribution in [0, 0.1) is 6.92 Å². The van der Waals surface area contributed by atoms with Crippen LogP contribution in [0.3, 0.4) is 0 Å². The van der Waals surface area contributed by atoms with E-state index in [1.807, 2.05) is 13.0 Å². The quantitative estimate of drug-likeness (QED) is 0.854. The van der Waals surface area contributed by atoms with E-state index in [0.29, 0.717) is 6.04 Å². The summed E-state index contributed by atoms with van der Waals surface area (Å²) < 4.78 is 12.7. The van der Waals surface area contributed by atoms with Crippen molar-refractivity contribution < 1.29 is 9.26 Å². The maximum Gasteiger partial charge on any atom is 0.154 e. The summed E-state index contributed by atoms with van der Waals surface area (Å²) in [5, 5.41) is 7.64. The molecule has 0 saturated carbocycles. The minimum Gasteiger partial charge on any atom is -0.369 e. The standard InChI is InChI=1S/C16H19ClN2O2S/c1-9-5-13(21-19-9)12-8-16(7-10(2)18-12)15-11(3-4-20-16)6-14(17)22-15/h5-6,10,12,18H,3-4,7-8H2,1-2H3/t10-,12-,16-/m0/s1. The van der Waals surface area contributed by atoms with Gasteiger partial charge in [-0.15, -0.1) is 11.3 Å². The number of rotatable bonds is 1. The number of hydrogen-bond acceptors (Lipinski definition) is 5. The van der Waals surface area contributed by atoms with Crippen molar-refractivity contribution in [1.29, 1.82) is 0 Å². The van der Waals surface area contributed by atoms with Gasteiger partial charge in [-0.1, -0.05) is 16.8 Å². The fourth-order valence-corrected chi connectivity index (χ4v) is 5.25. The molecule has 4 heterocycles. The van der Waals surface area contributed by atoms with Gasteiger partial charge in [-0.05, 0) is 38.3 Å². The molecule has 3 atom stereocenters. The second-order valence-electron chi connectivity index (χ2n) is 6.40. The molecule has 2 aromatic rings. The first-order chi connectivity index (χ1) is 10.6. The molecule has 2 aliphatic rings. The molecule has 1 saturated heterocycles. The number of nitrogens with one attached hydrogen (secondary N) is 1. The Hall–Kier alpha value is -0.880. The van der Waals surface area contributed by atoms with Gasteiger partial charge in [0.25, 0.3) is 0 Å². The van der Waals surface area contributed by atoms with Crippen LogP contribution in [0.25, 0.3) is 0 Å². The molecule has 1 N–H and O–H groups in total. The normalized spacial score (nSPS) is 31.4. The zero-order valence-corrected chi connectivity index (χ0v) is 14.3. The van der Waals surface area contributed by atoms with Gasteiger partial charge in [0.2, 0.25) is 0 Å². The first-order valence-corrected chi connectivity index (χ1v) is 8.87. The summed E-state index contributed by atoms with van der Waals surface area (Å²) in [4.78, 5) is 1.30. The summed E-state index contributed by atoms with van der Waals surface area (Å²) in [6.07, 6.45) is 2.77. The van der Waals surface area contributed by atoms with Crippen LogP contribution in [0.1, 0.15) is 47.7 Å². The number of fused-ring (bicyclic) bond motifs is 2. The Morgan fingerprint density at radius 1 is 1.41 bits per heavy atom. The summed E-state index contributed by atoms with van der Waals surface area (Å²) in [5.41, 5.74) is 2.01. The van der Waals surface area contributed by atoms with Crippen LogP contribution in [-0.4, -0.2) is 17.8 Å². The summed E-state index contributed by atoms with van der Waals surface area (Å²) in [5.74, 6) is 0.891. The van der Waals surface area contributed by atoms with Crippen LogP contribution >= 0.6 is 22.9 Å². The van der Waals surface area contributed by atoms with E-state index in [1.165, 1.54) is 10.4 Å². The van der Waals surface area contributed by atoms with Crippen LogP contribution in [-0.2, 0) is 16.8 Å². The van der Waals surface area contributed by atoms with Crippen molar-refractivity contribution in [3.8, 4) is 0 Å². The van der Waals surface area contributed by atoms with Crippen LogP contribution < -0.4 is 5.32 Å². The molecule has 1 fully saturated rings. The van der Waals surface area contributed by atoms with E-state index in [0.717, 1.165) is 41.7 Å². The van der Waals surface area contributed by atoms with Crippen molar-refractivity contribution in [3.05, 3.63) is 38.4 Å². The zero-order chi connectivity index (χ0) is 15.3. The van der Waals surface area contributed by atoms with Gasteiger partial charge in [0.1, 0.15) is 5.60 Å². The molecule has 0 unspecified atom stereocenters. The van der Waals surface area contributed by atoms with Crippen LogP contribution in [0.5, 0.6) is 0 Å². The fraction of sp³-hybridized carbons (Fsp3) is 0.562. The lowest BCUT2D eigenvalue weighted by Crippen LogP contribution is -2.49. The molecule has 4 rings (SSSR count). The highest BCUT2D eigenvalue weighted by atomic mass is 35.5. The summed E-state index contributed by atoms with van der Waals surface area (Å²) in [7, 11) is 0. The Bertz CT molecular complexity index is 698. The Morgan fingerprint density at radius 3 is 3.05 bits per heavy atom. The summed E-state index contributed by atoms with van der Waals surface area (Å²) in [6.45, 7) is 4.90. The predicted octanol–water partition coefficient (Wildman–Crippen LogP) is 3.98. The third-order valence-corrected chi connectivity index (χ3v) is 6.08. The Morgan fingerprint density at radius 2 is 2.27 bits per heavy atom. The van der Waals surface area contributed by atoms with Crippen molar-refractivity contribution in [3.63, 3.8) is 0 Å². The molecule has 118 valence electrons. The SMILES string of the molecule is Cc1cc([C@@H]2C[C@]3(C[C@H](C)N2)OCCc2cc(Cl)sc23)on1. The van der Waals surface area contributed by atoms with Crippen molar-refractivity contribution in [2.75, 3.05) is 6.61 Å². The highest BCUT2D eigenvalue weighted by molar-refractivity contribution is 7.16. The number of thiophene rings is 1. The molecule has 6 heteroatoms. The number of nitrogens with zero attached hydrogens (tertiary/aromatic N) is 1. The Balaban J connectivity index is 1.72. The number of ether oxygens (including phenoxy) is 1. The van der Waals surface area contributed by atoms with Gasteiger partial charge in [-0.3, -0.25) is 0 Å². The third kappa shape index (κ3) is 2.40. The molecule has 0 bridgehead atoms. The second-order valence-corrected chi connectivity index (χ2v) is 8.08. The number of aryl methyl sites for hydroxylation is 1. The zero-order valence-electron chi connectivity index (χ0n) is 12.7. The van der Waals surface area contributed by atoms with E-state index in [1.54, 1.807) is 11.3 Å². The molecule has 1 spiro atoms. The van der Waals surface area contributed by atoms with Crippen LogP contribution in [0.4, 0.5) is 0 Å². The fourth-order valence-electron chi connectivity index (χ4n) is 3.79. The molecular weight excluding hydrogens is 320 g/mol. The van der Waals surface area contributed by atoms with Gasteiger partial charge in [-0.25, -0.2) is 0 Å². The number of aromatic nitrogens is 1. The van der Waals surface area contributed by atoms with Crippen molar-refractivity contribution >= 4 is 22.9 Å². The van der Waals surface area contributed by atoms with Gasteiger partial charge >= 0.3 is 0 Å². The lowest BCUT2D eigenvalue weighted by atomic mass is 9.79. The van der Waals surface area contributed by atoms with E-state index < -0.39 is 0 Å². The number of halogens is 1. The molecular formula is C16H19ClN2O2S. The van der Waals surface area contributed by atoms with Crippen LogP contribution in [0.2, 0.25) is 4.34 Å². The lowest BCUT2D eigenvalue weighted by Gasteiger charge is -2.45. The number of hydrogen-bond donors (Lipinski definition) is 1. The van der Waals surface area contributed by atoms with Gasteiger partial charge in [0.05, 0.1) is 22.7 Å². The third-order valence-electron chi connectivity index (χ3n) is 4.59. The van der Waals surface area contributed by atoms with Gasteiger partial charge < -0.3 is 14.6 Å². The maximum atomic E-state index is 6.32. The smallest absolute Gasteiger partial charge is 0.154 e. The minimum absolute atomic E-state index is 0.122.